The van der Waals surface area contributed by atoms with Crippen LogP contribution in [0.15, 0.2) is 0 Å². The van der Waals surface area contributed by atoms with Crippen LogP contribution in [0.3, 0.4) is 0 Å². The van der Waals surface area contributed by atoms with Gasteiger partial charge in [-0.25, -0.2) is 0 Å². The molecule has 0 N–H and O–H groups in total. The molecule has 0 amide bonds. The first-order chi connectivity index (χ1) is 40.9. The van der Waals surface area contributed by atoms with Crippen LogP contribution < -0.4 is 20.4 Å². The van der Waals surface area contributed by atoms with E-state index < -0.39 is 23.9 Å². The van der Waals surface area contributed by atoms with Gasteiger partial charge in [-0.3, -0.25) is 0 Å². The summed E-state index contributed by atoms with van der Waals surface area (Å²) in [6.07, 6.45) is 76.1. The third-order valence-corrected chi connectivity index (χ3v) is 20.3. The summed E-state index contributed by atoms with van der Waals surface area (Å²) in [7, 11) is 0. The van der Waals surface area contributed by atoms with E-state index in [1.54, 1.807) is 0 Å². The Morgan fingerprint density at radius 1 is 0.235 bits per heavy atom. The number of rotatable bonds is 48. The van der Waals surface area contributed by atoms with Crippen LogP contribution in [0, 0.1) is 47.3 Å². The molecule has 4 saturated carbocycles. The van der Waals surface area contributed by atoms with Gasteiger partial charge in [0.2, 0.25) is 0 Å². The maximum atomic E-state index is 10.9. The first-order valence-electron chi connectivity index (χ1n) is 37.8. The van der Waals surface area contributed by atoms with Crippen LogP contribution in [0.25, 0.3) is 0 Å². The Labute approximate surface area is 541 Å². The number of hydrogen-bond acceptors (Lipinski definition) is 8. The predicted molar refractivity (Wildman–Crippen MR) is 348 cm³/mol. The maximum absolute atomic E-state index is 10.9. The van der Waals surface area contributed by atoms with Gasteiger partial charge in [0.05, 0.1) is 0 Å². The summed E-state index contributed by atoms with van der Waals surface area (Å²) in [6.45, 7) is 9.06. The Kier molecular flexibility index (Phi) is 60.4. The van der Waals surface area contributed by atoms with Crippen LogP contribution >= 0.6 is 0 Å². The summed E-state index contributed by atoms with van der Waals surface area (Å²) in [5.41, 5.74) is 0. The van der Waals surface area contributed by atoms with E-state index in [-0.39, 0.29) is 44.7 Å². The molecule has 85 heavy (non-hydrogen) atoms. The van der Waals surface area contributed by atoms with Gasteiger partial charge in [0.25, 0.3) is 0 Å². The molecular weight excluding hydrogens is 1140 g/mol. The molecule has 4 rings (SSSR count). The van der Waals surface area contributed by atoms with Crippen molar-refractivity contribution in [3.8, 4) is 0 Å². The zero-order valence-corrected chi connectivity index (χ0v) is 58.7. The maximum Gasteiger partial charge on any atom is 4.00 e. The van der Waals surface area contributed by atoms with Crippen LogP contribution in [0.2, 0.25) is 0 Å². The monoisotopic (exact) mass is 1280 g/mol. The third kappa shape index (κ3) is 50.9. The van der Waals surface area contributed by atoms with Crippen LogP contribution in [0.1, 0.15) is 413 Å². The summed E-state index contributed by atoms with van der Waals surface area (Å²) in [4.78, 5) is 43.7. The SMILES string of the molecule is CCCCCCCCCCCCC1CCCC(C(=O)[O-])C1.CCCCCCCCCCCCC1CCCC(C(=O)[O-])C1.CCCCCCCCCCCCC1CCCC(C(=O)[O-])C1.CCCCCCCCCCCCC1CCCC(C(=O)[O-])C1.[Mo+4]. The molecule has 0 heterocycles. The third-order valence-electron chi connectivity index (χ3n) is 20.3. The van der Waals surface area contributed by atoms with Crippen molar-refractivity contribution < 1.29 is 60.7 Å². The minimum absolute atomic E-state index is 0. The summed E-state index contributed by atoms with van der Waals surface area (Å²) in [5, 5.41) is 43.7. The second-order valence-corrected chi connectivity index (χ2v) is 28.1. The van der Waals surface area contributed by atoms with Gasteiger partial charge in [-0.05, 0) is 98.7 Å². The van der Waals surface area contributed by atoms with Gasteiger partial charge >= 0.3 is 21.1 Å². The molecule has 0 radical (unpaired) electrons. The summed E-state index contributed by atoms with van der Waals surface area (Å²) in [6, 6.07) is 0. The number of carbonyl (C=O) groups excluding carboxylic acids is 4. The number of aliphatic carboxylic acids is 4. The average molecular weight is 1280 g/mol. The van der Waals surface area contributed by atoms with Gasteiger partial charge < -0.3 is 39.6 Å². The molecule has 4 aliphatic rings. The van der Waals surface area contributed by atoms with Crippen molar-refractivity contribution in [2.45, 2.75) is 413 Å². The minimum Gasteiger partial charge on any atom is -0.550 e. The van der Waals surface area contributed by atoms with E-state index in [2.05, 4.69) is 27.7 Å². The van der Waals surface area contributed by atoms with E-state index in [9.17, 15) is 39.6 Å². The van der Waals surface area contributed by atoms with Crippen molar-refractivity contribution in [2.24, 2.45) is 47.3 Å². The normalized spacial score (nSPS) is 22.1. The molecular formula is C76H140MoO8. The molecule has 498 valence electrons. The Balaban J connectivity index is 0.00000110. The van der Waals surface area contributed by atoms with Gasteiger partial charge in [0, 0.05) is 23.9 Å². The van der Waals surface area contributed by atoms with Gasteiger partial charge in [-0.1, -0.05) is 362 Å². The molecule has 0 bridgehead atoms. The Morgan fingerprint density at radius 2 is 0.376 bits per heavy atom. The summed E-state index contributed by atoms with van der Waals surface area (Å²) in [5.74, 6) is -1.31. The Morgan fingerprint density at radius 3 is 0.518 bits per heavy atom. The largest absolute Gasteiger partial charge is 4.00 e. The van der Waals surface area contributed by atoms with E-state index in [0.29, 0.717) is 23.7 Å². The zero-order valence-electron chi connectivity index (χ0n) is 56.7. The van der Waals surface area contributed by atoms with E-state index in [1.165, 1.54) is 308 Å². The molecule has 8 atom stereocenters. The Bertz CT molecular complexity index is 1270. The van der Waals surface area contributed by atoms with Crippen LogP contribution in [-0.4, -0.2) is 23.9 Å². The molecule has 8 nitrogen and oxygen atoms in total. The summed E-state index contributed by atoms with van der Waals surface area (Å²) < 4.78 is 0. The smallest absolute Gasteiger partial charge is 0.550 e. The molecule has 0 saturated heterocycles. The molecule has 0 aromatic rings. The second-order valence-electron chi connectivity index (χ2n) is 28.1. The minimum atomic E-state index is -0.817. The second kappa shape index (κ2) is 61.4. The fourth-order valence-electron chi connectivity index (χ4n) is 14.8. The molecule has 4 aliphatic carbocycles. The van der Waals surface area contributed by atoms with Crippen LogP contribution in [-0.2, 0) is 40.2 Å². The number of carbonyl (C=O) groups is 4. The fraction of sp³-hybridized carbons (Fsp3) is 0.947. The predicted octanol–water partition coefficient (Wildman–Crippen LogP) is 19.4. The molecule has 9 heteroatoms. The molecule has 0 spiro atoms. The van der Waals surface area contributed by atoms with E-state index >= 15 is 0 Å². The first-order valence-corrected chi connectivity index (χ1v) is 37.8. The van der Waals surface area contributed by atoms with Gasteiger partial charge in [0.15, 0.2) is 0 Å². The molecule has 0 aromatic heterocycles. The van der Waals surface area contributed by atoms with Crippen LogP contribution in [0.5, 0.6) is 0 Å². The van der Waals surface area contributed by atoms with Crippen molar-refractivity contribution in [1.82, 2.24) is 0 Å². The van der Waals surface area contributed by atoms with Crippen molar-refractivity contribution in [1.29, 1.82) is 0 Å². The molecule has 0 aliphatic heterocycles. The first kappa shape index (κ1) is 83.6. The van der Waals surface area contributed by atoms with Crippen molar-refractivity contribution in [2.75, 3.05) is 0 Å². The van der Waals surface area contributed by atoms with E-state index in [4.69, 9.17) is 0 Å². The average Bonchev–Trinajstić information content (AvgIpc) is 3.53. The quantitative estimate of drug-likeness (QED) is 0.0430. The number of carboxylic acid groups (broad SMARTS) is 4. The van der Waals surface area contributed by atoms with Crippen molar-refractivity contribution in [3.63, 3.8) is 0 Å². The molecule has 4 fully saturated rings. The van der Waals surface area contributed by atoms with Crippen LogP contribution in [0.4, 0.5) is 0 Å². The van der Waals surface area contributed by atoms with Gasteiger partial charge in [0.1, 0.15) is 0 Å². The van der Waals surface area contributed by atoms with Crippen molar-refractivity contribution >= 4 is 23.9 Å². The number of hydrogen-bond donors (Lipinski definition) is 0. The Hall–Kier alpha value is -1.43. The van der Waals surface area contributed by atoms with E-state index in [0.717, 1.165) is 77.0 Å². The summed E-state index contributed by atoms with van der Waals surface area (Å²) >= 11 is 0. The molecule has 0 aromatic carbocycles. The van der Waals surface area contributed by atoms with Crippen molar-refractivity contribution in [3.05, 3.63) is 0 Å². The number of unbranched alkanes of at least 4 members (excludes halogenated alkanes) is 36. The topological polar surface area (TPSA) is 161 Å². The zero-order chi connectivity index (χ0) is 61.4. The van der Waals surface area contributed by atoms with E-state index in [1.807, 2.05) is 0 Å². The van der Waals surface area contributed by atoms with Gasteiger partial charge in [-0.15, -0.1) is 0 Å². The van der Waals surface area contributed by atoms with Gasteiger partial charge in [-0.2, -0.15) is 0 Å². The standard InChI is InChI=1S/4C19H36O2.Mo/c4*1-2-3-4-5-6-7-8-9-10-11-13-17-14-12-15-18(16-17)19(20)21;/h4*17-18H,2-16H2,1H3,(H,20,21);/q;;;;+4/p-4. The number of carboxylic acids is 4. The fourth-order valence-corrected chi connectivity index (χ4v) is 14.8. The molecule has 8 unspecified atom stereocenters.